The van der Waals surface area contributed by atoms with Crippen molar-refractivity contribution in [2.45, 2.75) is 11.6 Å². The maximum Gasteiger partial charge on any atom is 0.297 e. The molecule has 0 radical (unpaired) electrons. The highest BCUT2D eigenvalue weighted by Gasteiger charge is 2.22. The van der Waals surface area contributed by atoms with Gasteiger partial charge in [0.1, 0.15) is 22.2 Å². The van der Waals surface area contributed by atoms with Gasteiger partial charge < -0.3 is 4.52 Å². The second-order valence-corrected chi connectivity index (χ2v) is 6.48. The highest BCUT2D eigenvalue weighted by atomic mass is 32.2. The monoisotopic (exact) mass is 369 g/mol. The van der Waals surface area contributed by atoms with E-state index in [9.17, 15) is 21.6 Å². The molecule has 0 bridgehead atoms. The van der Waals surface area contributed by atoms with Crippen molar-refractivity contribution in [3.05, 3.63) is 59.9 Å². The molecule has 0 unspecified atom stereocenters. The van der Waals surface area contributed by atoms with Crippen LogP contribution in [0.1, 0.15) is 5.76 Å². The van der Waals surface area contributed by atoms with Crippen LogP contribution in [0.5, 0.6) is 0 Å². The van der Waals surface area contributed by atoms with Gasteiger partial charge in [0.05, 0.1) is 5.56 Å². The highest BCUT2D eigenvalue weighted by Crippen LogP contribution is 2.36. The normalized spacial score (nSPS) is 11.7. The summed E-state index contributed by atoms with van der Waals surface area (Å²) in [7, 11) is -4.74. The van der Waals surface area contributed by atoms with E-state index in [2.05, 4.69) is 5.16 Å². The predicted molar refractivity (Wildman–Crippen MR) is 81.9 cm³/mol. The fourth-order valence-corrected chi connectivity index (χ4v) is 2.96. The Balaban J connectivity index is 2.21. The van der Waals surface area contributed by atoms with Crippen LogP contribution in [0.3, 0.4) is 0 Å². The van der Waals surface area contributed by atoms with Crippen LogP contribution < -0.4 is 0 Å². The fourth-order valence-electron chi connectivity index (χ4n) is 2.41. The van der Waals surface area contributed by atoms with Crippen molar-refractivity contribution in [2.75, 3.05) is 0 Å². The summed E-state index contributed by atoms with van der Waals surface area (Å²) >= 11 is 0. The molecule has 0 aliphatic rings. The van der Waals surface area contributed by atoms with E-state index >= 15 is 0 Å². The fraction of sp³-hybridized carbons (Fsp3) is 0.0625. The van der Waals surface area contributed by atoms with Gasteiger partial charge in [-0.15, -0.1) is 0 Å². The maximum absolute atomic E-state index is 14.0. The molecule has 25 heavy (non-hydrogen) atoms. The highest BCUT2D eigenvalue weighted by molar-refractivity contribution is 7.85. The minimum Gasteiger partial charge on any atom is -0.357 e. The number of halogens is 3. The maximum atomic E-state index is 14.0. The molecule has 1 heterocycles. The van der Waals surface area contributed by atoms with Gasteiger partial charge in [-0.05, 0) is 29.8 Å². The van der Waals surface area contributed by atoms with Crippen LogP contribution in [-0.4, -0.2) is 18.1 Å². The lowest BCUT2D eigenvalue weighted by molar-refractivity contribution is 0.332. The van der Waals surface area contributed by atoms with Crippen molar-refractivity contribution >= 4 is 10.1 Å². The molecule has 9 heteroatoms. The summed E-state index contributed by atoms with van der Waals surface area (Å²) in [6.45, 7) is -1.06. The van der Waals surface area contributed by atoms with Crippen LogP contribution in [0.15, 0.2) is 51.9 Å². The van der Waals surface area contributed by atoms with Crippen molar-refractivity contribution in [3.8, 4) is 22.4 Å². The molecule has 0 fully saturated rings. The van der Waals surface area contributed by atoms with Gasteiger partial charge in [-0.2, -0.15) is 8.42 Å². The van der Waals surface area contributed by atoms with Gasteiger partial charge in [0.15, 0.2) is 12.4 Å². The van der Waals surface area contributed by atoms with Gasteiger partial charge in [0, 0.05) is 5.56 Å². The van der Waals surface area contributed by atoms with E-state index in [4.69, 9.17) is 9.08 Å². The molecule has 0 aliphatic carbocycles. The molecule has 1 N–H and O–H groups in total. The van der Waals surface area contributed by atoms with E-state index in [0.29, 0.717) is 0 Å². The molecule has 130 valence electrons. The van der Waals surface area contributed by atoms with Crippen LogP contribution in [0.25, 0.3) is 22.4 Å². The lowest BCUT2D eigenvalue weighted by atomic mass is 9.99. The molecule has 2 aromatic carbocycles. The zero-order valence-corrected chi connectivity index (χ0v) is 13.2. The van der Waals surface area contributed by atoms with Gasteiger partial charge in [-0.25, -0.2) is 13.2 Å². The smallest absolute Gasteiger partial charge is 0.297 e. The molecule has 0 spiro atoms. The quantitative estimate of drug-likeness (QED) is 0.703. The minimum atomic E-state index is -4.74. The minimum absolute atomic E-state index is 0.0638. The summed E-state index contributed by atoms with van der Waals surface area (Å²) in [6, 6.07) is 8.09. The zero-order chi connectivity index (χ0) is 18.2. The Labute approximate surface area is 140 Å². The molecule has 0 saturated heterocycles. The molecule has 3 aromatic rings. The van der Waals surface area contributed by atoms with E-state index in [1.165, 1.54) is 24.3 Å². The summed E-state index contributed by atoms with van der Waals surface area (Å²) in [6.07, 6.45) is 0. The molecular formula is C16H10F3NO4S. The van der Waals surface area contributed by atoms with Gasteiger partial charge >= 0.3 is 0 Å². The van der Waals surface area contributed by atoms with Crippen LogP contribution in [-0.2, 0) is 16.8 Å². The molecule has 0 aliphatic heterocycles. The molecule has 0 saturated carbocycles. The van der Waals surface area contributed by atoms with Crippen molar-refractivity contribution < 1.29 is 30.7 Å². The van der Waals surface area contributed by atoms with Gasteiger partial charge in [-0.1, -0.05) is 23.4 Å². The van der Waals surface area contributed by atoms with E-state index < -0.39 is 33.3 Å². The molecule has 3 rings (SSSR count). The number of hydrogen-bond donors (Lipinski definition) is 1. The van der Waals surface area contributed by atoms with Crippen LogP contribution in [0.2, 0.25) is 0 Å². The topological polar surface area (TPSA) is 80.4 Å². The lowest BCUT2D eigenvalue weighted by Crippen LogP contribution is -2.01. The first kappa shape index (κ1) is 17.2. The summed E-state index contributed by atoms with van der Waals surface area (Å²) in [4.78, 5) is -0.915. The molecule has 0 amide bonds. The number of benzene rings is 2. The van der Waals surface area contributed by atoms with Crippen molar-refractivity contribution in [2.24, 2.45) is 0 Å². The van der Waals surface area contributed by atoms with E-state index in [-0.39, 0.29) is 28.1 Å². The average molecular weight is 369 g/mol. The second kappa shape index (κ2) is 6.34. The third kappa shape index (κ3) is 3.28. The second-order valence-electron chi connectivity index (χ2n) is 5.09. The number of alkyl halides is 1. The largest absolute Gasteiger partial charge is 0.357 e. The number of rotatable bonds is 4. The molecule has 1 aromatic heterocycles. The number of aromatic nitrogens is 1. The Morgan fingerprint density at radius 3 is 2.44 bits per heavy atom. The Hall–Kier alpha value is -2.65. The average Bonchev–Trinajstić information content (AvgIpc) is 2.97. The molecular weight excluding hydrogens is 359 g/mol. The lowest BCUT2D eigenvalue weighted by Gasteiger charge is -2.06. The SMILES string of the molecule is O=S(=O)(O)c1ccc(-c2c(-c3cccc(F)c3)noc2CF)cc1F. The predicted octanol–water partition coefficient (Wildman–Crippen LogP) is 4.00. The zero-order valence-electron chi connectivity index (χ0n) is 12.4. The third-order valence-electron chi connectivity index (χ3n) is 3.48. The summed E-state index contributed by atoms with van der Waals surface area (Å²) in [5.41, 5.74) is 0.482. The Kier molecular flexibility index (Phi) is 4.36. The summed E-state index contributed by atoms with van der Waals surface area (Å²) in [5, 5.41) is 3.70. The first-order valence-corrected chi connectivity index (χ1v) is 8.33. The van der Waals surface area contributed by atoms with Crippen LogP contribution >= 0.6 is 0 Å². The number of hydrogen-bond acceptors (Lipinski definition) is 4. The Bertz CT molecular complexity index is 1050. The first-order valence-electron chi connectivity index (χ1n) is 6.89. The van der Waals surface area contributed by atoms with E-state index in [0.717, 1.165) is 18.2 Å². The Morgan fingerprint density at radius 1 is 1.08 bits per heavy atom. The Morgan fingerprint density at radius 2 is 1.84 bits per heavy atom. The standard InChI is InChI=1S/C16H10F3NO4S/c17-8-13-15(9-4-5-14(12(19)7-9)25(21,22)23)16(20-24-13)10-2-1-3-11(18)6-10/h1-7H,8H2,(H,21,22,23). The molecule has 5 nitrogen and oxygen atoms in total. The van der Waals surface area contributed by atoms with Crippen molar-refractivity contribution in [1.82, 2.24) is 5.16 Å². The van der Waals surface area contributed by atoms with Crippen molar-refractivity contribution in [3.63, 3.8) is 0 Å². The van der Waals surface area contributed by atoms with Gasteiger partial charge in [0.2, 0.25) is 0 Å². The van der Waals surface area contributed by atoms with E-state index in [1.807, 2.05) is 0 Å². The van der Waals surface area contributed by atoms with Gasteiger partial charge in [0.25, 0.3) is 10.1 Å². The number of nitrogens with zero attached hydrogens (tertiary/aromatic N) is 1. The van der Waals surface area contributed by atoms with Crippen LogP contribution in [0.4, 0.5) is 13.2 Å². The summed E-state index contributed by atoms with van der Waals surface area (Å²) in [5.74, 6) is -2.00. The third-order valence-corrected chi connectivity index (χ3v) is 4.37. The first-order chi connectivity index (χ1) is 11.8. The van der Waals surface area contributed by atoms with Crippen LogP contribution in [0, 0.1) is 11.6 Å². The van der Waals surface area contributed by atoms with Crippen molar-refractivity contribution in [1.29, 1.82) is 0 Å². The summed E-state index contributed by atoms with van der Waals surface area (Å²) < 4.78 is 76.7. The van der Waals surface area contributed by atoms with E-state index in [1.54, 1.807) is 0 Å². The van der Waals surface area contributed by atoms with Gasteiger partial charge in [-0.3, -0.25) is 4.55 Å². The molecule has 0 atom stereocenters.